The van der Waals surface area contributed by atoms with Gasteiger partial charge in [-0.3, -0.25) is 4.79 Å². The molecule has 1 aromatic rings. The van der Waals surface area contributed by atoms with Gasteiger partial charge in [-0.25, -0.2) is 0 Å². The Morgan fingerprint density at radius 1 is 1.43 bits per heavy atom. The second kappa shape index (κ2) is 3.71. The van der Waals surface area contributed by atoms with E-state index in [0.717, 1.165) is 29.3 Å². The Balaban J connectivity index is 2.68. The molecule has 0 amide bonds. The Hall–Kier alpha value is -0.275. The van der Waals surface area contributed by atoms with Gasteiger partial charge in [0.1, 0.15) is 7.85 Å². The molecular weight excluding hydrogens is 262 g/mol. The van der Waals surface area contributed by atoms with Crippen LogP contribution in [0, 0.1) is 0 Å². The van der Waals surface area contributed by atoms with Crippen molar-refractivity contribution >= 4 is 46.1 Å². The number of carbonyl (C=O) groups excluding carboxylic acids is 1. The number of fused-ring (bicyclic) bond motifs is 1. The van der Waals surface area contributed by atoms with Crippen molar-refractivity contribution in [1.82, 2.24) is 0 Å². The molecule has 14 heavy (non-hydrogen) atoms. The Morgan fingerprint density at radius 2 is 2.07 bits per heavy atom. The molecule has 0 heterocycles. The Bertz CT molecular complexity index is 417. The summed E-state index contributed by atoms with van der Waals surface area (Å²) in [5, 5.41) is -0.460. The van der Waals surface area contributed by atoms with Gasteiger partial charge in [0.05, 0.1) is 0 Å². The third kappa shape index (κ3) is 1.53. The van der Waals surface area contributed by atoms with Crippen LogP contribution in [0.3, 0.4) is 0 Å². The molecule has 2 rings (SSSR count). The molecule has 0 saturated heterocycles. The quantitative estimate of drug-likeness (QED) is 0.564. The van der Waals surface area contributed by atoms with Gasteiger partial charge in [-0.2, -0.15) is 0 Å². The third-order valence-electron chi connectivity index (χ3n) is 2.58. The second-order valence-electron chi connectivity index (χ2n) is 3.41. The van der Waals surface area contributed by atoms with E-state index < -0.39 is 5.24 Å². The number of hydrogen-bond acceptors (Lipinski definition) is 1. The molecule has 1 nitrogen and oxygen atoms in total. The lowest BCUT2D eigenvalue weighted by molar-refractivity contribution is 0.108. The molecule has 0 saturated carbocycles. The van der Waals surface area contributed by atoms with Crippen LogP contribution in [0.25, 0.3) is 0 Å². The van der Waals surface area contributed by atoms with Crippen LogP contribution < -0.4 is 5.46 Å². The lowest BCUT2D eigenvalue weighted by atomic mass is 9.87. The smallest absolute Gasteiger partial charge is 0.253 e. The molecule has 0 aliphatic heterocycles. The standard InChI is InChI=1S/C10H7BBrClO/c11-8-4-7(10(13)14)9(12)6-3-1-2-5(6)8/h4H,1-3H2. The third-order valence-corrected chi connectivity index (χ3v) is 3.69. The van der Waals surface area contributed by atoms with Crippen molar-refractivity contribution in [1.29, 1.82) is 0 Å². The van der Waals surface area contributed by atoms with Crippen LogP contribution in [0.1, 0.15) is 27.9 Å². The van der Waals surface area contributed by atoms with Crippen molar-refractivity contribution in [3.8, 4) is 0 Å². The van der Waals surface area contributed by atoms with Gasteiger partial charge < -0.3 is 0 Å². The van der Waals surface area contributed by atoms with Crippen LogP contribution in [0.4, 0.5) is 0 Å². The van der Waals surface area contributed by atoms with Gasteiger partial charge >= 0.3 is 0 Å². The van der Waals surface area contributed by atoms with Crippen molar-refractivity contribution < 1.29 is 4.79 Å². The van der Waals surface area contributed by atoms with Gasteiger partial charge in [-0.1, -0.05) is 17.1 Å². The summed E-state index contributed by atoms with van der Waals surface area (Å²) in [5.41, 5.74) is 3.47. The largest absolute Gasteiger partial charge is 0.276 e. The number of rotatable bonds is 1. The first-order chi connectivity index (χ1) is 6.61. The van der Waals surface area contributed by atoms with Crippen LogP contribution >= 0.6 is 27.5 Å². The first kappa shape index (κ1) is 10.2. The van der Waals surface area contributed by atoms with E-state index in [0.29, 0.717) is 11.0 Å². The number of benzene rings is 1. The van der Waals surface area contributed by atoms with Crippen LogP contribution in [0.2, 0.25) is 0 Å². The summed E-state index contributed by atoms with van der Waals surface area (Å²) in [5.74, 6) is 0. The maximum absolute atomic E-state index is 11.1. The van der Waals surface area contributed by atoms with Gasteiger partial charge in [0.25, 0.3) is 5.24 Å². The highest BCUT2D eigenvalue weighted by Gasteiger charge is 2.20. The Labute approximate surface area is 97.4 Å². The number of halogens is 2. The fourth-order valence-corrected chi connectivity index (χ4v) is 2.91. The summed E-state index contributed by atoms with van der Waals surface area (Å²) in [6.45, 7) is 0. The molecular formula is C10H7BBrClO. The molecule has 1 aromatic carbocycles. The zero-order valence-electron chi connectivity index (χ0n) is 7.44. The molecule has 0 unspecified atom stereocenters. The van der Waals surface area contributed by atoms with E-state index in [9.17, 15) is 4.79 Å². The minimum absolute atomic E-state index is 0.460. The van der Waals surface area contributed by atoms with Crippen LogP contribution in [0.15, 0.2) is 10.5 Å². The van der Waals surface area contributed by atoms with Crippen molar-refractivity contribution in [3.63, 3.8) is 0 Å². The van der Waals surface area contributed by atoms with E-state index in [1.165, 1.54) is 5.56 Å². The lowest BCUT2D eigenvalue weighted by Gasteiger charge is -2.09. The Morgan fingerprint density at radius 3 is 2.71 bits per heavy atom. The molecule has 0 aromatic heterocycles. The summed E-state index contributed by atoms with van der Waals surface area (Å²) in [6.07, 6.45) is 3.06. The average Bonchev–Trinajstić information content (AvgIpc) is 2.59. The first-order valence-electron chi connectivity index (χ1n) is 4.41. The van der Waals surface area contributed by atoms with Crippen LogP contribution in [-0.4, -0.2) is 13.1 Å². The highest BCUT2D eigenvalue weighted by Crippen LogP contribution is 2.31. The highest BCUT2D eigenvalue weighted by molar-refractivity contribution is 9.10. The van der Waals surface area contributed by atoms with Gasteiger partial charge in [0.15, 0.2) is 0 Å². The maximum Gasteiger partial charge on any atom is 0.253 e. The second-order valence-corrected chi connectivity index (χ2v) is 4.55. The average molecular weight is 269 g/mol. The predicted molar refractivity (Wildman–Crippen MR) is 61.7 cm³/mol. The van der Waals surface area contributed by atoms with Crippen molar-refractivity contribution in [2.45, 2.75) is 19.3 Å². The van der Waals surface area contributed by atoms with Crippen molar-refractivity contribution in [2.24, 2.45) is 0 Å². The van der Waals surface area contributed by atoms with Gasteiger partial charge in [0, 0.05) is 10.0 Å². The molecule has 4 heteroatoms. The van der Waals surface area contributed by atoms with E-state index in [1.54, 1.807) is 6.07 Å². The highest BCUT2D eigenvalue weighted by atomic mass is 79.9. The topological polar surface area (TPSA) is 17.1 Å². The van der Waals surface area contributed by atoms with E-state index in [1.807, 2.05) is 0 Å². The summed E-state index contributed by atoms with van der Waals surface area (Å²) >= 11 is 8.86. The van der Waals surface area contributed by atoms with Gasteiger partial charge in [-0.05, 0) is 52.4 Å². The van der Waals surface area contributed by atoms with Crippen molar-refractivity contribution in [3.05, 3.63) is 27.2 Å². The van der Waals surface area contributed by atoms with Crippen molar-refractivity contribution in [2.75, 3.05) is 0 Å². The van der Waals surface area contributed by atoms with Crippen LogP contribution in [-0.2, 0) is 12.8 Å². The molecule has 1 aliphatic rings. The van der Waals surface area contributed by atoms with E-state index in [2.05, 4.69) is 15.9 Å². The lowest BCUT2D eigenvalue weighted by Crippen LogP contribution is -2.13. The molecule has 1 aliphatic carbocycles. The fraction of sp³-hybridized carbons (Fsp3) is 0.300. The summed E-state index contributed by atoms with van der Waals surface area (Å²) in [4.78, 5) is 11.1. The normalized spacial score (nSPS) is 14.1. The van der Waals surface area contributed by atoms with E-state index in [4.69, 9.17) is 19.4 Å². The molecule has 0 fully saturated rings. The Kier molecular flexibility index (Phi) is 2.71. The molecule has 0 atom stereocenters. The monoisotopic (exact) mass is 268 g/mol. The fourth-order valence-electron chi connectivity index (χ4n) is 1.92. The molecule has 0 N–H and O–H groups in total. The first-order valence-corrected chi connectivity index (χ1v) is 5.58. The summed E-state index contributed by atoms with van der Waals surface area (Å²) in [6, 6.07) is 1.66. The molecule has 70 valence electrons. The zero-order chi connectivity index (χ0) is 10.3. The summed E-state index contributed by atoms with van der Waals surface area (Å²) < 4.78 is 0.819. The maximum atomic E-state index is 11.1. The minimum atomic E-state index is -0.460. The zero-order valence-corrected chi connectivity index (χ0v) is 9.78. The minimum Gasteiger partial charge on any atom is -0.276 e. The summed E-state index contributed by atoms with van der Waals surface area (Å²) in [7, 11) is 5.85. The van der Waals surface area contributed by atoms with Gasteiger partial charge in [-0.15, -0.1) is 0 Å². The number of hydrogen-bond donors (Lipinski definition) is 0. The van der Waals surface area contributed by atoms with E-state index in [-0.39, 0.29) is 0 Å². The molecule has 0 spiro atoms. The molecule has 0 bridgehead atoms. The SMILES string of the molecule is [B]c1cc(C(=O)Cl)c(Br)c2c1CCC2. The van der Waals surface area contributed by atoms with Crippen LogP contribution in [0.5, 0.6) is 0 Å². The molecule has 2 radical (unpaired) electrons. The van der Waals surface area contributed by atoms with E-state index >= 15 is 0 Å². The predicted octanol–water partition coefficient (Wildman–Crippen LogP) is 2.11. The number of carbonyl (C=O) groups is 1. The van der Waals surface area contributed by atoms with Gasteiger partial charge in [0.2, 0.25) is 0 Å².